The van der Waals surface area contributed by atoms with Gasteiger partial charge in [-0.25, -0.2) is 0 Å². The molecule has 1 fully saturated rings. The Morgan fingerprint density at radius 2 is 1.79 bits per heavy atom. The van der Waals surface area contributed by atoms with Crippen LogP contribution in [0.5, 0.6) is 0 Å². The summed E-state index contributed by atoms with van der Waals surface area (Å²) in [6, 6.07) is 9.28. The van der Waals surface area contributed by atoms with Crippen LogP contribution in [0.1, 0.15) is 0 Å². The van der Waals surface area contributed by atoms with Crippen molar-refractivity contribution in [3.05, 3.63) is 52.8 Å². The van der Waals surface area contributed by atoms with Crippen LogP contribution in [-0.4, -0.2) is 47.7 Å². The van der Waals surface area contributed by atoms with Gasteiger partial charge in [0.15, 0.2) is 0 Å². The molecule has 0 saturated carbocycles. The number of carbonyl (C=O) groups is 1. The number of halogens is 2. The van der Waals surface area contributed by atoms with Crippen LogP contribution < -0.4 is 4.90 Å². The lowest BCUT2D eigenvalue weighted by Crippen LogP contribution is -2.49. The second kappa shape index (κ2) is 8.10. The van der Waals surface area contributed by atoms with Crippen LogP contribution in [0.4, 0.5) is 5.69 Å². The van der Waals surface area contributed by atoms with E-state index in [4.69, 9.17) is 23.2 Å². The molecule has 1 aromatic carbocycles. The molecule has 1 amide bonds. The van der Waals surface area contributed by atoms with Crippen molar-refractivity contribution in [2.75, 3.05) is 36.8 Å². The van der Waals surface area contributed by atoms with Crippen molar-refractivity contribution in [3.63, 3.8) is 0 Å². The SMILES string of the molecule is O=C(CSc1cc(Cl)ccc1Cl)N1CCN(c2ccncc2)CC1. The van der Waals surface area contributed by atoms with E-state index in [1.165, 1.54) is 11.8 Å². The first-order chi connectivity index (χ1) is 11.6. The highest BCUT2D eigenvalue weighted by Crippen LogP contribution is 2.30. The fourth-order valence-electron chi connectivity index (χ4n) is 2.59. The van der Waals surface area contributed by atoms with E-state index < -0.39 is 0 Å². The Hall–Kier alpha value is -1.43. The number of carbonyl (C=O) groups excluding carboxylic acids is 1. The summed E-state index contributed by atoms with van der Waals surface area (Å²) in [6.07, 6.45) is 3.58. The zero-order chi connectivity index (χ0) is 16.9. The van der Waals surface area contributed by atoms with E-state index in [2.05, 4.69) is 9.88 Å². The number of hydrogen-bond acceptors (Lipinski definition) is 4. The van der Waals surface area contributed by atoms with Gasteiger partial charge in [0.1, 0.15) is 0 Å². The van der Waals surface area contributed by atoms with Gasteiger partial charge in [-0.3, -0.25) is 9.78 Å². The summed E-state index contributed by atoms with van der Waals surface area (Å²) in [6.45, 7) is 3.12. The molecule has 1 aliphatic heterocycles. The van der Waals surface area contributed by atoms with Crippen LogP contribution >= 0.6 is 35.0 Å². The number of anilines is 1. The number of thioether (sulfide) groups is 1. The average Bonchev–Trinajstić information content (AvgIpc) is 2.63. The summed E-state index contributed by atoms with van der Waals surface area (Å²) in [5.41, 5.74) is 1.15. The largest absolute Gasteiger partial charge is 0.368 e. The molecule has 0 unspecified atom stereocenters. The zero-order valence-electron chi connectivity index (χ0n) is 13.0. The third kappa shape index (κ3) is 4.35. The Morgan fingerprint density at radius 3 is 2.50 bits per heavy atom. The third-order valence-corrected chi connectivity index (χ3v) is 5.62. The first-order valence-electron chi connectivity index (χ1n) is 7.64. The molecular weight excluding hydrogens is 365 g/mol. The van der Waals surface area contributed by atoms with E-state index in [1.54, 1.807) is 30.6 Å². The van der Waals surface area contributed by atoms with Crippen molar-refractivity contribution in [1.82, 2.24) is 9.88 Å². The first-order valence-corrected chi connectivity index (χ1v) is 9.38. The lowest BCUT2D eigenvalue weighted by molar-refractivity contribution is -0.128. The lowest BCUT2D eigenvalue weighted by Gasteiger charge is -2.36. The standard InChI is InChI=1S/C17H17Cl2N3OS/c18-13-1-2-15(19)16(11-13)24-12-17(23)22-9-7-21(8-10-22)14-3-5-20-6-4-14/h1-6,11H,7-10,12H2. The quantitative estimate of drug-likeness (QED) is 0.754. The Balaban J connectivity index is 1.51. The van der Waals surface area contributed by atoms with Gasteiger partial charge in [0, 0.05) is 54.2 Å². The molecule has 0 radical (unpaired) electrons. The van der Waals surface area contributed by atoms with Gasteiger partial charge in [-0.15, -0.1) is 11.8 Å². The fraction of sp³-hybridized carbons (Fsp3) is 0.294. The monoisotopic (exact) mass is 381 g/mol. The van der Waals surface area contributed by atoms with E-state index in [0.29, 0.717) is 15.8 Å². The number of nitrogens with zero attached hydrogens (tertiary/aromatic N) is 3. The number of piperazine rings is 1. The molecule has 126 valence electrons. The van der Waals surface area contributed by atoms with Gasteiger partial charge in [0.2, 0.25) is 5.91 Å². The normalized spacial score (nSPS) is 14.8. The summed E-state index contributed by atoms with van der Waals surface area (Å²) in [7, 11) is 0. The van der Waals surface area contributed by atoms with Crippen LogP contribution in [0, 0.1) is 0 Å². The number of rotatable bonds is 4. The van der Waals surface area contributed by atoms with Crippen LogP contribution in [0.15, 0.2) is 47.6 Å². The molecule has 0 N–H and O–H groups in total. The molecule has 2 heterocycles. The van der Waals surface area contributed by atoms with Crippen molar-refractivity contribution in [2.24, 2.45) is 0 Å². The molecule has 0 spiro atoms. The van der Waals surface area contributed by atoms with Crippen LogP contribution in [0.2, 0.25) is 10.0 Å². The maximum atomic E-state index is 12.4. The topological polar surface area (TPSA) is 36.4 Å². The van der Waals surface area contributed by atoms with E-state index in [9.17, 15) is 4.79 Å². The summed E-state index contributed by atoms with van der Waals surface area (Å²) in [5.74, 6) is 0.500. The second-order valence-corrected chi connectivity index (χ2v) is 7.30. The number of hydrogen-bond donors (Lipinski definition) is 0. The maximum absolute atomic E-state index is 12.4. The molecule has 4 nitrogen and oxygen atoms in total. The van der Waals surface area contributed by atoms with Gasteiger partial charge >= 0.3 is 0 Å². The molecule has 24 heavy (non-hydrogen) atoms. The van der Waals surface area contributed by atoms with Gasteiger partial charge in [-0.1, -0.05) is 23.2 Å². The minimum Gasteiger partial charge on any atom is -0.368 e. The molecule has 0 bridgehead atoms. The van der Waals surface area contributed by atoms with Crippen molar-refractivity contribution in [3.8, 4) is 0 Å². The van der Waals surface area contributed by atoms with Crippen LogP contribution in [0.3, 0.4) is 0 Å². The Morgan fingerprint density at radius 1 is 1.08 bits per heavy atom. The first kappa shape index (κ1) is 17.4. The van der Waals surface area contributed by atoms with Gasteiger partial charge in [-0.05, 0) is 30.3 Å². The third-order valence-electron chi connectivity index (χ3n) is 3.90. The summed E-state index contributed by atoms with van der Waals surface area (Å²) < 4.78 is 0. The molecule has 1 saturated heterocycles. The summed E-state index contributed by atoms with van der Waals surface area (Å²) >= 11 is 13.5. The number of pyridine rings is 1. The highest BCUT2D eigenvalue weighted by molar-refractivity contribution is 8.00. The van der Waals surface area contributed by atoms with Gasteiger partial charge in [-0.2, -0.15) is 0 Å². The molecule has 1 aromatic heterocycles. The lowest BCUT2D eigenvalue weighted by atomic mass is 10.2. The molecule has 3 rings (SSSR count). The number of amides is 1. The number of benzene rings is 1. The molecule has 7 heteroatoms. The van der Waals surface area contributed by atoms with Gasteiger partial charge in [0.25, 0.3) is 0 Å². The van der Waals surface area contributed by atoms with Crippen LogP contribution in [0.25, 0.3) is 0 Å². The predicted molar refractivity (Wildman–Crippen MR) is 100 cm³/mol. The van der Waals surface area contributed by atoms with E-state index in [-0.39, 0.29) is 5.91 Å². The van der Waals surface area contributed by atoms with Crippen molar-refractivity contribution >= 4 is 46.6 Å². The van der Waals surface area contributed by atoms with Crippen molar-refractivity contribution < 1.29 is 4.79 Å². The predicted octanol–water partition coefficient (Wildman–Crippen LogP) is 3.83. The minimum atomic E-state index is 0.130. The van der Waals surface area contributed by atoms with Gasteiger partial charge < -0.3 is 9.80 Å². The maximum Gasteiger partial charge on any atom is 0.233 e. The molecule has 1 aliphatic rings. The highest BCUT2D eigenvalue weighted by Gasteiger charge is 2.21. The Bertz CT molecular complexity index is 706. The average molecular weight is 382 g/mol. The molecule has 0 atom stereocenters. The molecule has 0 aliphatic carbocycles. The highest BCUT2D eigenvalue weighted by atomic mass is 35.5. The minimum absolute atomic E-state index is 0.130. The zero-order valence-corrected chi connectivity index (χ0v) is 15.3. The van der Waals surface area contributed by atoms with Crippen LogP contribution in [-0.2, 0) is 4.79 Å². The van der Waals surface area contributed by atoms with E-state index in [1.807, 2.05) is 17.0 Å². The van der Waals surface area contributed by atoms with E-state index >= 15 is 0 Å². The summed E-state index contributed by atoms with van der Waals surface area (Å²) in [5, 5.41) is 1.25. The van der Waals surface area contributed by atoms with Gasteiger partial charge in [0.05, 0.1) is 10.8 Å². The Kier molecular flexibility index (Phi) is 5.87. The fourth-order valence-corrected chi connectivity index (χ4v) is 3.98. The Labute approximate surface area is 155 Å². The van der Waals surface area contributed by atoms with Crippen molar-refractivity contribution in [1.29, 1.82) is 0 Å². The smallest absolute Gasteiger partial charge is 0.233 e. The summed E-state index contributed by atoms with van der Waals surface area (Å²) in [4.78, 5) is 21.5. The molecule has 2 aromatic rings. The number of aromatic nitrogens is 1. The molecular formula is C17H17Cl2N3OS. The van der Waals surface area contributed by atoms with E-state index in [0.717, 1.165) is 36.8 Å². The van der Waals surface area contributed by atoms with Crippen molar-refractivity contribution in [2.45, 2.75) is 4.90 Å². The second-order valence-electron chi connectivity index (χ2n) is 5.44.